The van der Waals surface area contributed by atoms with Crippen LogP contribution in [0.4, 0.5) is 0 Å². The second-order valence-corrected chi connectivity index (χ2v) is 4.96. The van der Waals surface area contributed by atoms with Gasteiger partial charge in [0.25, 0.3) is 0 Å². The molecule has 0 heterocycles. The molecule has 0 aliphatic heterocycles. The first kappa shape index (κ1) is 21.3. The van der Waals surface area contributed by atoms with Crippen LogP contribution in [-0.4, -0.2) is 0 Å². The van der Waals surface area contributed by atoms with Gasteiger partial charge in [-0.2, -0.15) is 0 Å². The van der Waals surface area contributed by atoms with Gasteiger partial charge in [0.2, 0.25) is 0 Å². The van der Waals surface area contributed by atoms with Gasteiger partial charge in [0.15, 0.2) is 0 Å². The third kappa shape index (κ3) is 5.94. The lowest BCUT2D eigenvalue weighted by Crippen LogP contribution is -2.21. The summed E-state index contributed by atoms with van der Waals surface area (Å²) in [6.45, 7) is 21.0. The number of aryl methyl sites for hydroxylation is 1. The molecule has 0 bridgehead atoms. The maximum absolute atomic E-state index is 3.94. The van der Waals surface area contributed by atoms with Crippen molar-refractivity contribution in [3.63, 3.8) is 0 Å². The van der Waals surface area contributed by atoms with Crippen LogP contribution in [0.25, 0.3) is 6.08 Å². The van der Waals surface area contributed by atoms with Gasteiger partial charge in [0, 0.05) is 0 Å². The summed E-state index contributed by atoms with van der Waals surface area (Å²) in [5.41, 5.74) is 4.37. The Kier molecular flexibility index (Phi) is 12.5. The Morgan fingerprint density at radius 2 is 1.65 bits per heavy atom. The molecular weight excluding hydrogens is 240 g/mol. The smallest absolute Gasteiger partial charge is 0.00720 e. The molecule has 1 aromatic rings. The molecule has 0 aliphatic rings. The Hall–Kier alpha value is -1.04. The molecule has 0 heteroatoms. The highest BCUT2D eigenvalue weighted by Gasteiger charge is 2.25. The third-order valence-corrected chi connectivity index (χ3v) is 3.66. The van der Waals surface area contributed by atoms with E-state index in [9.17, 15) is 0 Å². The first-order valence-electron chi connectivity index (χ1n) is 8.31. The molecule has 0 aromatic heterocycles. The molecule has 0 saturated carbocycles. The SMILES string of the molecule is C=Cc1cc(C)ccc1C(C)(CC)CCC.CC.CC. The zero-order chi connectivity index (χ0) is 16.2. The van der Waals surface area contributed by atoms with Gasteiger partial charge in [0.1, 0.15) is 0 Å². The van der Waals surface area contributed by atoms with E-state index in [1.54, 1.807) is 0 Å². The average molecular weight is 277 g/mol. The fourth-order valence-corrected chi connectivity index (χ4v) is 2.45. The Morgan fingerprint density at radius 3 is 2.05 bits per heavy atom. The number of benzene rings is 1. The van der Waals surface area contributed by atoms with Gasteiger partial charge in [-0.3, -0.25) is 0 Å². The van der Waals surface area contributed by atoms with Gasteiger partial charge in [-0.05, 0) is 36.3 Å². The van der Waals surface area contributed by atoms with Crippen LogP contribution in [0.1, 0.15) is 84.4 Å². The minimum absolute atomic E-state index is 0.298. The highest BCUT2D eigenvalue weighted by atomic mass is 14.3. The van der Waals surface area contributed by atoms with Gasteiger partial charge in [-0.25, -0.2) is 0 Å². The first-order chi connectivity index (χ1) is 9.57. The van der Waals surface area contributed by atoms with Crippen LogP contribution in [0, 0.1) is 6.92 Å². The van der Waals surface area contributed by atoms with Gasteiger partial charge in [-0.1, -0.05) is 91.3 Å². The molecule has 116 valence electrons. The number of hydrogen-bond donors (Lipinski definition) is 0. The van der Waals surface area contributed by atoms with E-state index >= 15 is 0 Å². The monoisotopic (exact) mass is 276 g/mol. The highest BCUT2D eigenvalue weighted by molar-refractivity contribution is 5.55. The molecule has 1 atom stereocenters. The van der Waals surface area contributed by atoms with Crippen LogP contribution < -0.4 is 0 Å². The minimum atomic E-state index is 0.298. The molecular formula is C20H36. The van der Waals surface area contributed by atoms with E-state index in [0.717, 1.165) is 0 Å². The van der Waals surface area contributed by atoms with E-state index in [1.807, 2.05) is 33.8 Å². The molecule has 1 rings (SSSR count). The van der Waals surface area contributed by atoms with Crippen LogP contribution in [0.5, 0.6) is 0 Å². The Bertz CT molecular complexity index is 362. The predicted octanol–water partition coefficient (Wildman–Crippen LogP) is 7.16. The molecule has 0 aliphatic carbocycles. The fraction of sp³-hybridized carbons (Fsp3) is 0.600. The summed E-state index contributed by atoms with van der Waals surface area (Å²) in [5.74, 6) is 0. The van der Waals surface area contributed by atoms with Crippen LogP contribution in [0.2, 0.25) is 0 Å². The van der Waals surface area contributed by atoms with Crippen LogP contribution in [0.15, 0.2) is 24.8 Å². The molecule has 0 spiro atoms. The van der Waals surface area contributed by atoms with Crippen molar-refractivity contribution in [2.45, 2.75) is 80.1 Å². The topological polar surface area (TPSA) is 0 Å². The molecule has 20 heavy (non-hydrogen) atoms. The molecule has 1 unspecified atom stereocenters. The highest BCUT2D eigenvalue weighted by Crippen LogP contribution is 2.35. The van der Waals surface area contributed by atoms with Crippen molar-refractivity contribution in [2.24, 2.45) is 0 Å². The van der Waals surface area contributed by atoms with Crippen molar-refractivity contribution in [1.82, 2.24) is 0 Å². The summed E-state index contributed by atoms with van der Waals surface area (Å²) in [4.78, 5) is 0. The Balaban J connectivity index is 0. The van der Waals surface area contributed by atoms with E-state index < -0.39 is 0 Å². The summed E-state index contributed by atoms with van der Waals surface area (Å²) >= 11 is 0. The zero-order valence-electron chi connectivity index (χ0n) is 15.1. The van der Waals surface area contributed by atoms with Crippen LogP contribution in [-0.2, 0) is 5.41 Å². The summed E-state index contributed by atoms with van der Waals surface area (Å²) in [6.07, 6.45) is 5.65. The van der Waals surface area contributed by atoms with Gasteiger partial charge < -0.3 is 0 Å². The van der Waals surface area contributed by atoms with E-state index in [0.29, 0.717) is 5.41 Å². The quantitative estimate of drug-likeness (QED) is 0.535. The standard InChI is InChI=1S/C16H24.2C2H6/c1-6-11-16(5,8-3)15-10-9-13(4)12-14(15)7-2;2*1-2/h7,9-10,12H,2,6,8,11H2,1,3-5H3;2*1-2H3. The normalized spacial score (nSPS) is 12.2. The van der Waals surface area contributed by atoms with Crippen LogP contribution >= 0.6 is 0 Å². The summed E-state index contributed by atoms with van der Waals surface area (Å²) in [6, 6.07) is 6.74. The summed E-state index contributed by atoms with van der Waals surface area (Å²) in [7, 11) is 0. The molecule has 0 saturated heterocycles. The van der Waals surface area contributed by atoms with E-state index in [1.165, 1.54) is 36.0 Å². The third-order valence-electron chi connectivity index (χ3n) is 3.66. The predicted molar refractivity (Wildman–Crippen MR) is 96.5 cm³/mol. The maximum Gasteiger partial charge on any atom is -0.00720 e. The maximum atomic E-state index is 3.94. The fourth-order valence-electron chi connectivity index (χ4n) is 2.45. The Labute approximate surface area is 128 Å². The van der Waals surface area contributed by atoms with Crippen molar-refractivity contribution in [2.75, 3.05) is 0 Å². The minimum Gasteiger partial charge on any atom is -0.0985 e. The first-order valence-corrected chi connectivity index (χ1v) is 8.31. The van der Waals surface area contributed by atoms with Crippen molar-refractivity contribution in [3.8, 4) is 0 Å². The van der Waals surface area contributed by atoms with Crippen molar-refractivity contribution >= 4 is 6.08 Å². The molecule has 0 amide bonds. The molecule has 0 nitrogen and oxygen atoms in total. The summed E-state index contributed by atoms with van der Waals surface area (Å²) in [5, 5.41) is 0. The molecule has 0 N–H and O–H groups in total. The largest absolute Gasteiger partial charge is 0.0985 e. The van der Waals surface area contributed by atoms with E-state index in [2.05, 4.69) is 52.5 Å². The van der Waals surface area contributed by atoms with E-state index in [-0.39, 0.29) is 0 Å². The van der Waals surface area contributed by atoms with Gasteiger partial charge >= 0.3 is 0 Å². The molecule has 0 fully saturated rings. The van der Waals surface area contributed by atoms with Crippen molar-refractivity contribution in [3.05, 3.63) is 41.5 Å². The molecule has 1 aromatic carbocycles. The number of hydrogen-bond acceptors (Lipinski definition) is 0. The van der Waals surface area contributed by atoms with E-state index in [4.69, 9.17) is 0 Å². The van der Waals surface area contributed by atoms with Crippen LogP contribution in [0.3, 0.4) is 0 Å². The second-order valence-electron chi connectivity index (χ2n) is 4.96. The average Bonchev–Trinajstić information content (AvgIpc) is 2.51. The van der Waals surface area contributed by atoms with Crippen molar-refractivity contribution < 1.29 is 0 Å². The lowest BCUT2D eigenvalue weighted by molar-refractivity contribution is 0.413. The molecule has 0 radical (unpaired) electrons. The number of rotatable bonds is 5. The zero-order valence-corrected chi connectivity index (χ0v) is 15.1. The van der Waals surface area contributed by atoms with Gasteiger partial charge in [-0.15, -0.1) is 0 Å². The van der Waals surface area contributed by atoms with Gasteiger partial charge in [0.05, 0.1) is 0 Å². The lowest BCUT2D eigenvalue weighted by atomic mass is 9.74. The summed E-state index contributed by atoms with van der Waals surface area (Å²) < 4.78 is 0. The Morgan fingerprint density at radius 1 is 1.10 bits per heavy atom. The lowest BCUT2D eigenvalue weighted by Gasteiger charge is -2.30. The second kappa shape index (κ2) is 11.8. The van der Waals surface area contributed by atoms with Crippen molar-refractivity contribution in [1.29, 1.82) is 0 Å².